The third kappa shape index (κ3) is 8.49. The molecule has 0 radical (unpaired) electrons. The first-order valence-corrected chi connectivity index (χ1v) is 14.8. The van der Waals surface area contributed by atoms with E-state index in [1.807, 2.05) is 84.9 Å². The molecule has 0 saturated carbocycles. The third-order valence-corrected chi connectivity index (χ3v) is 7.69. The van der Waals surface area contributed by atoms with E-state index < -0.39 is 12.0 Å². The van der Waals surface area contributed by atoms with Gasteiger partial charge in [-0.05, 0) is 52.8 Å². The molecule has 2 atom stereocenters. The Balaban J connectivity index is 1.18. The Kier molecular flexibility index (Phi) is 10.7. The van der Waals surface area contributed by atoms with Crippen molar-refractivity contribution < 1.29 is 33.6 Å². The molecule has 230 valence electrons. The number of amides is 2. The van der Waals surface area contributed by atoms with Crippen molar-refractivity contribution in [3.8, 4) is 11.5 Å². The fourth-order valence-corrected chi connectivity index (χ4v) is 5.43. The van der Waals surface area contributed by atoms with E-state index in [1.165, 1.54) is 4.90 Å². The topological polar surface area (TPSA) is 121 Å². The lowest BCUT2D eigenvalue weighted by Crippen LogP contribution is -2.46. The predicted molar refractivity (Wildman–Crippen MR) is 167 cm³/mol. The van der Waals surface area contributed by atoms with E-state index in [0.29, 0.717) is 45.1 Å². The van der Waals surface area contributed by atoms with Crippen LogP contribution in [0, 0.1) is 0 Å². The summed E-state index contributed by atoms with van der Waals surface area (Å²) in [6.45, 7) is 2.57. The average Bonchev–Trinajstić information content (AvgIpc) is 3.05. The number of primary amides is 1. The second-order valence-electron chi connectivity index (χ2n) is 10.8. The molecule has 2 unspecified atom stereocenters. The lowest BCUT2D eigenvalue weighted by Gasteiger charge is -2.37. The van der Waals surface area contributed by atoms with Crippen molar-refractivity contribution in [2.24, 2.45) is 5.73 Å². The fourth-order valence-electron chi connectivity index (χ4n) is 5.43. The highest BCUT2D eigenvalue weighted by molar-refractivity contribution is 5.89. The maximum Gasteiger partial charge on any atom is 0.407 e. The zero-order chi connectivity index (χ0) is 30.7. The number of nitrogens with two attached hydrogens (primary N) is 1. The molecular weight excluding hydrogens is 560 g/mol. The molecule has 1 aliphatic heterocycles. The van der Waals surface area contributed by atoms with Crippen LogP contribution in [0.2, 0.25) is 0 Å². The summed E-state index contributed by atoms with van der Waals surface area (Å²) in [6.07, 6.45) is 0.158. The molecule has 0 bridgehead atoms. The SMILES string of the molecule is NC(=O)COc1cccc2ccc(COC3CN(C(=O)O)CCC3c3ccc(OCCCOCc4ccccc4)cc3)cc12. The van der Waals surface area contributed by atoms with Crippen LogP contribution in [0.3, 0.4) is 0 Å². The van der Waals surface area contributed by atoms with Crippen LogP contribution in [0.1, 0.15) is 35.4 Å². The Bertz CT molecular complexity index is 1530. The van der Waals surface area contributed by atoms with Gasteiger partial charge < -0.3 is 34.7 Å². The van der Waals surface area contributed by atoms with Crippen LogP contribution in [-0.4, -0.2) is 61.0 Å². The van der Waals surface area contributed by atoms with Gasteiger partial charge in [0.15, 0.2) is 6.61 Å². The van der Waals surface area contributed by atoms with Gasteiger partial charge in [-0.15, -0.1) is 0 Å². The van der Waals surface area contributed by atoms with Crippen molar-refractivity contribution in [3.05, 3.63) is 108 Å². The van der Waals surface area contributed by atoms with E-state index >= 15 is 0 Å². The van der Waals surface area contributed by atoms with Gasteiger partial charge in [0.1, 0.15) is 11.5 Å². The molecule has 4 aromatic rings. The second-order valence-corrected chi connectivity index (χ2v) is 10.8. The standard InChI is InChI=1S/C35H38N2O7/c36-34(38)24-44-32-9-4-8-27-11-10-26(20-31(27)32)23-43-33-21-37(35(39)40)17-16-30(33)28-12-14-29(15-13-28)42-19-5-18-41-22-25-6-2-1-3-7-25/h1-4,6-15,20,30,33H,5,16-19,21-24H2,(H2,36,38)(H,39,40). The van der Waals surface area contributed by atoms with Crippen molar-refractivity contribution >= 4 is 22.8 Å². The summed E-state index contributed by atoms with van der Waals surface area (Å²) in [5.74, 6) is 0.832. The summed E-state index contributed by atoms with van der Waals surface area (Å²) in [7, 11) is 0. The van der Waals surface area contributed by atoms with Crippen LogP contribution in [0.4, 0.5) is 4.79 Å². The van der Waals surface area contributed by atoms with Crippen LogP contribution in [0.25, 0.3) is 10.8 Å². The Morgan fingerprint density at radius 2 is 1.68 bits per heavy atom. The van der Waals surface area contributed by atoms with Crippen molar-refractivity contribution in [1.82, 2.24) is 4.90 Å². The van der Waals surface area contributed by atoms with Crippen molar-refractivity contribution in [1.29, 1.82) is 0 Å². The number of carbonyl (C=O) groups is 2. The lowest BCUT2D eigenvalue weighted by molar-refractivity contribution is -0.119. The molecule has 9 nitrogen and oxygen atoms in total. The van der Waals surface area contributed by atoms with Gasteiger partial charge in [0.2, 0.25) is 0 Å². The Morgan fingerprint density at radius 1 is 0.864 bits per heavy atom. The summed E-state index contributed by atoms with van der Waals surface area (Å²) in [6, 6.07) is 29.6. The van der Waals surface area contributed by atoms with Crippen molar-refractivity contribution in [3.63, 3.8) is 0 Å². The molecule has 1 aliphatic rings. The number of likely N-dealkylation sites (tertiary alicyclic amines) is 1. The highest BCUT2D eigenvalue weighted by Crippen LogP contribution is 2.33. The number of rotatable bonds is 14. The number of benzene rings is 4. The van der Waals surface area contributed by atoms with E-state index in [1.54, 1.807) is 6.07 Å². The van der Waals surface area contributed by atoms with E-state index in [-0.39, 0.29) is 25.2 Å². The van der Waals surface area contributed by atoms with Gasteiger partial charge in [0, 0.05) is 24.3 Å². The number of carbonyl (C=O) groups excluding carboxylic acids is 1. The molecule has 0 spiro atoms. The first kappa shape index (κ1) is 30.8. The average molecular weight is 599 g/mol. The number of piperidine rings is 1. The minimum absolute atomic E-state index is 0.0287. The van der Waals surface area contributed by atoms with Gasteiger partial charge in [-0.2, -0.15) is 0 Å². The monoisotopic (exact) mass is 598 g/mol. The Labute approximate surface area is 257 Å². The number of carboxylic acid groups (broad SMARTS) is 1. The molecule has 5 rings (SSSR count). The number of nitrogens with zero attached hydrogens (tertiary/aromatic N) is 1. The van der Waals surface area contributed by atoms with Gasteiger partial charge in [-0.25, -0.2) is 4.79 Å². The number of hydrogen-bond donors (Lipinski definition) is 2. The zero-order valence-electron chi connectivity index (χ0n) is 24.6. The summed E-state index contributed by atoms with van der Waals surface area (Å²) in [5.41, 5.74) is 8.41. The van der Waals surface area contributed by atoms with Crippen LogP contribution in [0.5, 0.6) is 11.5 Å². The minimum atomic E-state index is -0.949. The number of fused-ring (bicyclic) bond motifs is 1. The van der Waals surface area contributed by atoms with Crippen LogP contribution in [-0.2, 0) is 27.5 Å². The van der Waals surface area contributed by atoms with Gasteiger partial charge in [0.05, 0.1) is 39.1 Å². The summed E-state index contributed by atoms with van der Waals surface area (Å²) < 4.78 is 23.7. The highest BCUT2D eigenvalue weighted by atomic mass is 16.5. The normalized spacial score (nSPS) is 16.5. The smallest absolute Gasteiger partial charge is 0.407 e. The van der Waals surface area contributed by atoms with E-state index in [2.05, 4.69) is 0 Å². The predicted octanol–water partition coefficient (Wildman–Crippen LogP) is 5.74. The largest absolute Gasteiger partial charge is 0.494 e. The quantitative estimate of drug-likeness (QED) is 0.178. The van der Waals surface area contributed by atoms with Crippen LogP contribution >= 0.6 is 0 Å². The van der Waals surface area contributed by atoms with Gasteiger partial charge in [0.25, 0.3) is 5.91 Å². The maximum absolute atomic E-state index is 11.8. The van der Waals surface area contributed by atoms with Gasteiger partial charge >= 0.3 is 6.09 Å². The van der Waals surface area contributed by atoms with Crippen LogP contribution < -0.4 is 15.2 Å². The zero-order valence-corrected chi connectivity index (χ0v) is 24.6. The number of ether oxygens (including phenoxy) is 4. The molecule has 3 N–H and O–H groups in total. The molecule has 0 aromatic heterocycles. The molecule has 4 aromatic carbocycles. The first-order chi connectivity index (χ1) is 21.5. The van der Waals surface area contributed by atoms with Gasteiger partial charge in [-0.3, -0.25) is 4.79 Å². The highest BCUT2D eigenvalue weighted by Gasteiger charge is 2.33. The molecular formula is C35H38N2O7. The molecule has 1 saturated heterocycles. The summed E-state index contributed by atoms with van der Waals surface area (Å²) in [5, 5.41) is 11.5. The van der Waals surface area contributed by atoms with E-state index in [4.69, 9.17) is 24.7 Å². The van der Waals surface area contributed by atoms with Gasteiger partial charge in [-0.1, -0.05) is 66.7 Å². The lowest BCUT2D eigenvalue weighted by atomic mass is 9.87. The van der Waals surface area contributed by atoms with Crippen molar-refractivity contribution in [2.75, 3.05) is 32.9 Å². The number of hydrogen-bond acceptors (Lipinski definition) is 6. The Morgan fingerprint density at radius 3 is 2.45 bits per heavy atom. The summed E-state index contributed by atoms with van der Waals surface area (Å²) in [4.78, 5) is 24.4. The molecule has 2 amide bonds. The molecule has 1 fully saturated rings. The second kappa shape index (κ2) is 15.2. The maximum atomic E-state index is 11.8. The van der Waals surface area contributed by atoms with E-state index in [9.17, 15) is 14.7 Å². The first-order valence-electron chi connectivity index (χ1n) is 14.8. The third-order valence-electron chi connectivity index (χ3n) is 7.69. The molecule has 0 aliphatic carbocycles. The van der Waals surface area contributed by atoms with Crippen LogP contribution in [0.15, 0.2) is 91.0 Å². The summed E-state index contributed by atoms with van der Waals surface area (Å²) >= 11 is 0. The van der Waals surface area contributed by atoms with E-state index in [0.717, 1.165) is 39.6 Å². The molecule has 1 heterocycles. The minimum Gasteiger partial charge on any atom is -0.494 e. The van der Waals surface area contributed by atoms with Crippen molar-refractivity contribution in [2.45, 2.75) is 38.1 Å². The fraction of sp³-hybridized carbons (Fsp3) is 0.314. The molecule has 44 heavy (non-hydrogen) atoms. The molecule has 9 heteroatoms. The Hall–Kier alpha value is -4.60.